The Morgan fingerprint density at radius 2 is 1.82 bits per heavy atom. The van der Waals surface area contributed by atoms with Crippen molar-refractivity contribution in [3.63, 3.8) is 0 Å². The van der Waals surface area contributed by atoms with Crippen LogP contribution in [0.15, 0.2) is 49.1 Å². The zero-order chi connectivity index (χ0) is 15.5. The van der Waals surface area contributed by atoms with Gasteiger partial charge in [0, 0.05) is 23.0 Å². The maximum absolute atomic E-state index is 12.1. The molecule has 0 saturated heterocycles. The Morgan fingerprint density at radius 3 is 2.41 bits per heavy atom. The van der Waals surface area contributed by atoms with Crippen LogP contribution in [0.3, 0.4) is 0 Å². The van der Waals surface area contributed by atoms with Crippen molar-refractivity contribution in [2.75, 3.05) is 5.32 Å². The van der Waals surface area contributed by atoms with E-state index in [9.17, 15) is 4.79 Å². The third-order valence-corrected chi connectivity index (χ3v) is 3.30. The van der Waals surface area contributed by atoms with Gasteiger partial charge in [-0.1, -0.05) is 11.6 Å². The topological polar surface area (TPSA) is 72.7 Å². The van der Waals surface area contributed by atoms with Crippen molar-refractivity contribution in [2.45, 2.75) is 6.92 Å². The van der Waals surface area contributed by atoms with Crippen molar-refractivity contribution in [1.29, 1.82) is 0 Å². The standard InChI is InChI=1S/C15H12ClN5O/c1-10-17-6-7-21(10)15-18-8-13(9-19-15)20-14(22)11-2-4-12(16)5-3-11/h2-9H,1H3,(H,20,22). The van der Waals surface area contributed by atoms with Gasteiger partial charge in [-0.15, -0.1) is 0 Å². The summed E-state index contributed by atoms with van der Waals surface area (Å²) in [6.07, 6.45) is 6.55. The van der Waals surface area contributed by atoms with E-state index < -0.39 is 0 Å². The molecule has 1 N–H and O–H groups in total. The number of nitrogens with zero attached hydrogens (tertiary/aromatic N) is 4. The number of halogens is 1. The molecule has 0 radical (unpaired) electrons. The Labute approximate surface area is 131 Å². The van der Waals surface area contributed by atoms with Crippen LogP contribution in [0.4, 0.5) is 5.69 Å². The second-order valence-electron chi connectivity index (χ2n) is 4.58. The molecule has 7 heteroatoms. The number of hydrogen-bond donors (Lipinski definition) is 1. The van der Waals surface area contributed by atoms with E-state index in [1.54, 1.807) is 53.6 Å². The monoisotopic (exact) mass is 313 g/mol. The number of hydrogen-bond acceptors (Lipinski definition) is 4. The van der Waals surface area contributed by atoms with Crippen LogP contribution in [0, 0.1) is 6.92 Å². The molecule has 1 aromatic carbocycles. The van der Waals surface area contributed by atoms with Gasteiger partial charge >= 0.3 is 0 Å². The highest BCUT2D eigenvalue weighted by Crippen LogP contribution is 2.12. The molecule has 3 aromatic rings. The van der Waals surface area contributed by atoms with Crippen molar-refractivity contribution in [1.82, 2.24) is 19.5 Å². The number of aromatic nitrogens is 4. The van der Waals surface area contributed by atoms with Crippen LogP contribution in [0.5, 0.6) is 0 Å². The summed E-state index contributed by atoms with van der Waals surface area (Å²) in [6, 6.07) is 6.64. The minimum Gasteiger partial charge on any atom is -0.319 e. The third kappa shape index (κ3) is 2.96. The lowest BCUT2D eigenvalue weighted by molar-refractivity contribution is 0.102. The van der Waals surface area contributed by atoms with E-state index in [0.717, 1.165) is 5.82 Å². The fourth-order valence-electron chi connectivity index (χ4n) is 1.90. The van der Waals surface area contributed by atoms with Crippen LogP contribution in [0.25, 0.3) is 5.95 Å². The van der Waals surface area contributed by atoms with Crippen molar-refractivity contribution < 1.29 is 4.79 Å². The first-order valence-corrected chi connectivity index (χ1v) is 6.90. The molecule has 2 heterocycles. The summed E-state index contributed by atoms with van der Waals surface area (Å²) in [6.45, 7) is 1.86. The maximum atomic E-state index is 12.1. The Kier molecular flexibility index (Phi) is 3.84. The Balaban J connectivity index is 1.75. The summed E-state index contributed by atoms with van der Waals surface area (Å²) >= 11 is 5.80. The van der Waals surface area contributed by atoms with Crippen LogP contribution in [-0.4, -0.2) is 25.4 Å². The molecule has 3 rings (SSSR count). The van der Waals surface area contributed by atoms with Gasteiger partial charge in [0.15, 0.2) is 0 Å². The number of imidazole rings is 1. The molecule has 0 atom stereocenters. The highest BCUT2D eigenvalue weighted by Gasteiger charge is 2.08. The Morgan fingerprint density at radius 1 is 1.14 bits per heavy atom. The lowest BCUT2D eigenvalue weighted by atomic mass is 10.2. The summed E-state index contributed by atoms with van der Waals surface area (Å²) in [5.74, 6) is 1.05. The molecule has 0 aliphatic rings. The molecular formula is C15H12ClN5O. The van der Waals surface area contributed by atoms with Crippen LogP contribution in [-0.2, 0) is 0 Å². The second-order valence-corrected chi connectivity index (χ2v) is 5.01. The Hall–Kier alpha value is -2.73. The van der Waals surface area contributed by atoms with E-state index in [2.05, 4.69) is 20.3 Å². The number of anilines is 1. The van der Waals surface area contributed by atoms with Crippen molar-refractivity contribution in [3.05, 3.63) is 65.5 Å². The first kappa shape index (κ1) is 14.2. The fourth-order valence-corrected chi connectivity index (χ4v) is 2.03. The number of aryl methyl sites for hydroxylation is 1. The molecule has 22 heavy (non-hydrogen) atoms. The van der Waals surface area contributed by atoms with Gasteiger partial charge in [-0.25, -0.2) is 15.0 Å². The van der Waals surface area contributed by atoms with E-state index in [4.69, 9.17) is 11.6 Å². The molecule has 0 bridgehead atoms. The van der Waals surface area contributed by atoms with Gasteiger partial charge < -0.3 is 5.32 Å². The van der Waals surface area contributed by atoms with E-state index in [1.165, 1.54) is 0 Å². The van der Waals surface area contributed by atoms with Crippen molar-refractivity contribution in [2.24, 2.45) is 0 Å². The molecular weight excluding hydrogens is 302 g/mol. The van der Waals surface area contributed by atoms with Gasteiger partial charge in [-0.05, 0) is 31.2 Å². The van der Waals surface area contributed by atoms with E-state index in [1.807, 2.05) is 6.92 Å². The van der Waals surface area contributed by atoms with E-state index >= 15 is 0 Å². The number of rotatable bonds is 3. The molecule has 1 amide bonds. The van der Waals surface area contributed by atoms with Gasteiger partial charge in [-0.3, -0.25) is 9.36 Å². The zero-order valence-electron chi connectivity index (χ0n) is 11.7. The van der Waals surface area contributed by atoms with Crippen LogP contribution in [0.2, 0.25) is 5.02 Å². The smallest absolute Gasteiger partial charge is 0.255 e. The lowest BCUT2D eigenvalue weighted by Gasteiger charge is -2.06. The third-order valence-electron chi connectivity index (χ3n) is 3.04. The number of nitrogens with one attached hydrogen (secondary N) is 1. The highest BCUT2D eigenvalue weighted by atomic mass is 35.5. The first-order valence-electron chi connectivity index (χ1n) is 6.53. The number of amides is 1. The summed E-state index contributed by atoms with van der Waals surface area (Å²) in [4.78, 5) is 24.6. The van der Waals surface area contributed by atoms with Crippen LogP contribution < -0.4 is 5.32 Å². The summed E-state index contributed by atoms with van der Waals surface area (Å²) < 4.78 is 1.75. The van der Waals surface area contributed by atoms with Crippen LogP contribution in [0.1, 0.15) is 16.2 Å². The lowest BCUT2D eigenvalue weighted by Crippen LogP contribution is -2.12. The van der Waals surface area contributed by atoms with E-state index in [0.29, 0.717) is 22.2 Å². The van der Waals surface area contributed by atoms with Crippen molar-refractivity contribution in [3.8, 4) is 5.95 Å². The molecule has 0 saturated carbocycles. The number of carbonyl (C=O) groups is 1. The highest BCUT2D eigenvalue weighted by molar-refractivity contribution is 6.30. The molecule has 6 nitrogen and oxygen atoms in total. The average molecular weight is 314 g/mol. The molecule has 0 fully saturated rings. The van der Waals surface area contributed by atoms with Gasteiger partial charge in [0.2, 0.25) is 5.95 Å². The predicted molar refractivity (Wildman–Crippen MR) is 83.3 cm³/mol. The summed E-state index contributed by atoms with van der Waals surface area (Å²) in [5, 5.41) is 3.32. The van der Waals surface area contributed by atoms with Gasteiger partial charge in [0.1, 0.15) is 5.82 Å². The quantitative estimate of drug-likeness (QED) is 0.807. The van der Waals surface area contributed by atoms with Gasteiger partial charge in [0.05, 0.1) is 18.1 Å². The number of carbonyl (C=O) groups excluding carboxylic acids is 1. The average Bonchev–Trinajstić information content (AvgIpc) is 2.95. The Bertz CT molecular complexity index is 796. The second kappa shape index (κ2) is 5.95. The summed E-state index contributed by atoms with van der Waals surface area (Å²) in [5.41, 5.74) is 1.03. The maximum Gasteiger partial charge on any atom is 0.255 e. The van der Waals surface area contributed by atoms with Gasteiger partial charge in [-0.2, -0.15) is 0 Å². The molecule has 0 aliphatic carbocycles. The minimum absolute atomic E-state index is 0.244. The molecule has 0 spiro atoms. The SMILES string of the molecule is Cc1nccn1-c1ncc(NC(=O)c2ccc(Cl)cc2)cn1. The largest absolute Gasteiger partial charge is 0.319 e. The molecule has 0 unspecified atom stereocenters. The number of benzene rings is 1. The van der Waals surface area contributed by atoms with E-state index in [-0.39, 0.29) is 5.91 Å². The minimum atomic E-state index is -0.244. The normalized spacial score (nSPS) is 10.5. The summed E-state index contributed by atoms with van der Waals surface area (Å²) in [7, 11) is 0. The predicted octanol–water partition coefficient (Wildman–Crippen LogP) is 2.88. The van der Waals surface area contributed by atoms with Crippen molar-refractivity contribution >= 4 is 23.2 Å². The fraction of sp³-hybridized carbons (Fsp3) is 0.0667. The van der Waals surface area contributed by atoms with Crippen LogP contribution >= 0.6 is 11.6 Å². The molecule has 0 aliphatic heterocycles. The molecule has 2 aromatic heterocycles. The first-order chi connectivity index (χ1) is 10.6. The molecule has 110 valence electrons. The van der Waals surface area contributed by atoms with Gasteiger partial charge in [0.25, 0.3) is 5.91 Å². The zero-order valence-corrected chi connectivity index (χ0v) is 12.4.